The van der Waals surface area contributed by atoms with Gasteiger partial charge in [0, 0.05) is 10.0 Å². The van der Waals surface area contributed by atoms with Crippen molar-refractivity contribution < 1.29 is 4.74 Å². The van der Waals surface area contributed by atoms with Gasteiger partial charge in [-0.25, -0.2) is 0 Å². The Bertz CT molecular complexity index is 472. The zero-order chi connectivity index (χ0) is 13.8. The molecule has 0 heterocycles. The quantitative estimate of drug-likeness (QED) is 0.723. The zero-order valence-corrected chi connectivity index (χ0v) is 12.4. The van der Waals surface area contributed by atoms with E-state index in [1.807, 2.05) is 62.4 Å². The summed E-state index contributed by atoms with van der Waals surface area (Å²) >= 11 is 11.9. The summed E-state index contributed by atoms with van der Waals surface area (Å²) in [5.41, 5.74) is 2.17. The third kappa shape index (κ3) is 3.97. The van der Waals surface area contributed by atoms with Gasteiger partial charge in [0.2, 0.25) is 0 Å². The smallest absolute Gasteiger partial charge is 0.108 e. The van der Waals surface area contributed by atoms with Crippen molar-refractivity contribution in [1.29, 1.82) is 0 Å². The number of ether oxygens (including phenoxy) is 1. The summed E-state index contributed by atoms with van der Waals surface area (Å²) in [4.78, 5) is 0. The van der Waals surface area contributed by atoms with Crippen molar-refractivity contribution in [2.45, 2.75) is 26.1 Å². The minimum absolute atomic E-state index is 0.102. The van der Waals surface area contributed by atoms with Crippen molar-refractivity contribution >= 4 is 23.2 Å². The number of benzene rings is 2. The van der Waals surface area contributed by atoms with E-state index in [9.17, 15) is 0 Å². The first-order chi connectivity index (χ1) is 9.06. The van der Waals surface area contributed by atoms with Crippen molar-refractivity contribution in [3.05, 3.63) is 69.7 Å². The van der Waals surface area contributed by atoms with E-state index in [1.54, 1.807) is 0 Å². The predicted octanol–water partition coefficient (Wildman–Crippen LogP) is 5.51. The molecule has 2 aromatic carbocycles. The summed E-state index contributed by atoms with van der Waals surface area (Å²) in [5, 5.41) is 1.45. The molecule has 0 unspecified atom stereocenters. The summed E-state index contributed by atoms with van der Waals surface area (Å²) in [6, 6.07) is 15.5. The molecule has 0 saturated carbocycles. The monoisotopic (exact) mass is 294 g/mol. The maximum atomic E-state index is 6.02. The molecule has 0 aliphatic rings. The van der Waals surface area contributed by atoms with Crippen molar-refractivity contribution in [3.63, 3.8) is 0 Å². The largest absolute Gasteiger partial charge is 0.366 e. The van der Waals surface area contributed by atoms with Crippen LogP contribution in [0.3, 0.4) is 0 Å². The Kier molecular flexibility index (Phi) is 4.87. The molecule has 100 valence electrons. The van der Waals surface area contributed by atoms with Gasteiger partial charge in [0.25, 0.3) is 0 Å². The summed E-state index contributed by atoms with van der Waals surface area (Å²) in [6.45, 7) is 4.05. The molecule has 3 heteroatoms. The molecule has 0 aromatic heterocycles. The first-order valence-corrected chi connectivity index (χ1v) is 6.98. The average Bonchev–Trinajstić information content (AvgIpc) is 2.38. The van der Waals surface area contributed by atoms with E-state index in [-0.39, 0.29) is 12.2 Å². The van der Waals surface area contributed by atoms with Gasteiger partial charge in [-0.3, -0.25) is 0 Å². The Balaban J connectivity index is 2.35. The third-order valence-electron chi connectivity index (χ3n) is 2.75. The van der Waals surface area contributed by atoms with E-state index in [1.165, 1.54) is 0 Å². The van der Waals surface area contributed by atoms with Crippen LogP contribution in [-0.4, -0.2) is 6.10 Å². The first-order valence-electron chi connectivity index (χ1n) is 6.22. The molecule has 19 heavy (non-hydrogen) atoms. The molecule has 0 saturated heterocycles. The summed E-state index contributed by atoms with van der Waals surface area (Å²) < 4.78 is 6.02. The second kappa shape index (κ2) is 6.42. The fourth-order valence-corrected chi connectivity index (χ4v) is 2.15. The molecule has 0 radical (unpaired) electrons. The highest BCUT2D eigenvalue weighted by Gasteiger charge is 2.16. The second-order valence-corrected chi connectivity index (χ2v) is 5.54. The molecule has 0 N–H and O–H groups in total. The van der Waals surface area contributed by atoms with Crippen LogP contribution in [0.2, 0.25) is 10.0 Å². The predicted molar refractivity (Wildman–Crippen MR) is 81.0 cm³/mol. The van der Waals surface area contributed by atoms with Crippen LogP contribution in [-0.2, 0) is 4.74 Å². The van der Waals surface area contributed by atoms with Gasteiger partial charge in [0.1, 0.15) is 6.10 Å². The van der Waals surface area contributed by atoms with Crippen LogP contribution in [0.1, 0.15) is 31.1 Å². The molecule has 0 atom stereocenters. The molecule has 0 aliphatic carbocycles. The van der Waals surface area contributed by atoms with Crippen molar-refractivity contribution in [3.8, 4) is 0 Å². The van der Waals surface area contributed by atoms with Crippen LogP contribution >= 0.6 is 23.2 Å². The Labute approximate surface area is 124 Å². The van der Waals surface area contributed by atoms with Crippen molar-refractivity contribution in [1.82, 2.24) is 0 Å². The fraction of sp³-hybridized carbons (Fsp3) is 0.250. The highest BCUT2D eigenvalue weighted by Crippen LogP contribution is 2.29. The fourth-order valence-electron chi connectivity index (χ4n) is 1.90. The Morgan fingerprint density at radius 2 is 1.11 bits per heavy atom. The molecule has 2 aromatic rings. The molecule has 0 aliphatic heterocycles. The van der Waals surface area contributed by atoms with Gasteiger partial charge in [0.15, 0.2) is 0 Å². The maximum Gasteiger partial charge on any atom is 0.108 e. The summed E-state index contributed by atoms with van der Waals surface area (Å²) in [6.07, 6.45) is 0.0332. The van der Waals surface area contributed by atoms with Gasteiger partial charge in [-0.2, -0.15) is 0 Å². The van der Waals surface area contributed by atoms with Crippen LogP contribution in [0.5, 0.6) is 0 Å². The van der Waals surface area contributed by atoms with Gasteiger partial charge in [-0.1, -0.05) is 47.5 Å². The van der Waals surface area contributed by atoms with Crippen LogP contribution in [0, 0.1) is 0 Å². The SMILES string of the molecule is CC(C)OC(c1ccc(Cl)cc1)c1ccc(Cl)cc1. The molecule has 0 fully saturated rings. The number of hydrogen-bond donors (Lipinski definition) is 0. The molecular weight excluding hydrogens is 279 g/mol. The Hall–Kier alpha value is -1.02. The summed E-state index contributed by atoms with van der Waals surface area (Å²) in [7, 11) is 0. The van der Waals surface area contributed by atoms with Crippen molar-refractivity contribution in [2.75, 3.05) is 0 Å². The minimum Gasteiger partial charge on any atom is -0.366 e. The molecule has 2 rings (SSSR count). The summed E-state index contributed by atoms with van der Waals surface area (Å²) in [5.74, 6) is 0. The van der Waals surface area contributed by atoms with Crippen LogP contribution in [0.25, 0.3) is 0 Å². The van der Waals surface area contributed by atoms with Gasteiger partial charge in [-0.15, -0.1) is 0 Å². The van der Waals surface area contributed by atoms with E-state index in [0.29, 0.717) is 0 Å². The molecule has 1 nitrogen and oxygen atoms in total. The average molecular weight is 295 g/mol. The van der Waals surface area contributed by atoms with E-state index in [0.717, 1.165) is 21.2 Å². The van der Waals surface area contributed by atoms with Gasteiger partial charge in [-0.05, 0) is 49.2 Å². The van der Waals surface area contributed by atoms with Gasteiger partial charge in [0.05, 0.1) is 6.10 Å². The first kappa shape index (κ1) is 14.4. The third-order valence-corrected chi connectivity index (χ3v) is 3.26. The standard InChI is InChI=1S/C16H16Cl2O/c1-11(2)19-16(12-3-7-14(17)8-4-12)13-5-9-15(18)10-6-13/h3-11,16H,1-2H3. The molecule has 0 amide bonds. The lowest BCUT2D eigenvalue weighted by atomic mass is 10.0. The second-order valence-electron chi connectivity index (χ2n) is 4.67. The lowest BCUT2D eigenvalue weighted by Crippen LogP contribution is -2.11. The number of rotatable bonds is 4. The normalized spacial score (nSPS) is 11.3. The van der Waals surface area contributed by atoms with Crippen LogP contribution in [0.4, 0.5) is 0 Å². The van der Waals surface area contributed by atoms with E-state index < -0.39 is 0 Å². The molecule has 0 bridgehead atoms. The van der Waals surface area contributed by atoms with Crippen LogP contribution in [0.15, 0.2) is 48.5 Å². The highest BCUT2D eigenvalue weighted by atomic mass is 35.5. The minimum atomic E-state index is -0.102. The van der Waals surface area contributed by atoms with E-state index in [4.69, 9.17) is 27.9 Å². The van der Waals surface area contributed by atoms with Gasteiger partial charge < -0.3 is 4.74 Å². The number of hydrogen-bond acceptors (Lipinski definition) is 1. The maximum absolute atomic E-state index is 6.02. The Morgan fingerprint density at radius 3 is 1.42 bits per heavy atom. The van der Waals surface area contributed by atoms with Gasteiger partial charge >= 0.3 is 0 Å². The highest BCUT2D eigenvalue weighted by molar-refractivity contribution is 6.30. The topological polar surface area (TPSA) is 9.23 Å². The lowest BCUT2D eigenvalue weighted by Gasteiger charge is -2.21. The number of halogens is 2. The van der Waals surface area contributed by atoms with E-state index in [2.05, 4.69) is 0 Å². The lowest BCUT2D eigenvalue weighted by molar-refractivity contribution is 0.0304. The van der Waals surface area contributed by atoms with Crippen molar-refractivity contribution in [2.24, 2.45) is 0 Å². The zero-order valence-electron chi connectivity index (χ0n) is 10.9. The van der Waals surface area contributed by atoms with E-state index >= 15 is 0 Å². The molecular formula is C16H16Cl2O. The molecule has 0 spiro atoms. The Morgan fingerprint density at radius 1 is 0.737 bits per heavy atom. The van der Waals surface area contributed by atoms with Crippen LogP contribution < -0.4 is 0 Å².